The minimum absolute atomic E-state index is 0.0588. The highest BCUT2D eigenvalue weighted by atomic mass is 16.5. The molecule has 0 unspecified atom stereocenters. The number of hydrogen-bond donors (Lipinski definition) is 1. The van der Waals surface area contributed by atoms with Crippen molar-refractivity contribution in [1.82, 2.24) is 10.1 Å². The van der Waals surface area contributed by atoms with Crippen molar-refractivity contribution in [3.05, 3.63) is 60.0 Å². The molecule has 7 nitrogen and oxygen atoms in total. The van der Waals surface area contributed by atoms with Gasteiger partial charge in [0.05, 0.1) is 0 Å². The van der Waals surface area contributed by atoms with Gasteiger partial charge < -0.3 is 14.6 Å². The molecule has 0 aliphatic rings. The molecule has 2 aromatic carbocycles. The van der Waals surface area contributed by atoms with Gasteiger partial charge in [-0.25, -0.2) is 0 Å². The number of anilines is 1. The average molecular weight is 393 g/mol. The van der Waals surface area contributed by atoms with E-state index in [4.69, 9.17) is 9.26 Å². The number of nitrogens with zero attached hydrogens (tertiary/aromatic N) is 2. The first-order chi connectivity index (χ1) is 14.0. The lowest BCUT2D eigenvalue weighted by atomic mass is 10.1. The van der Waals surface area contributed by atoms with Crippen molar-refractivity contribution in [2.45, 2.75) is 33.1 Å². The maximum Gasteiger partial charge on any atom is 0.262 e. The van der Waals surface area contributed by atoms with Crippen LogP contribution in [0.4, 0.5) is 5.69 Å². The SMILES string of the molecule is CCCCc1nc(-c2ccc(OCC(=O)Nc3cccc(C(C)=O)c3)cc2)no1. The largest absolute Gasteiger partial charge is 0.484 e. The monoisotopic (exact) mass is 393 g/mol. The van der Waals surface area contributed by atoms with Gasteiger partial charge in [0.2, 0.25) is 11.7 Å². The molecular weight excluding hydrogens is 370 g/mol. The van der Waals surface area contributed by atoms with Crippen molar-refractivity contribution in [2.75, 3.05) is 11.9 Å². The number of rotatable bonds is 9. The highest BCUT2D eigenvalue weighted by molar-refractivity contribution is 5.97. The van der Waals surface area contributed by atoms with E-state index in [2.05, 4.69) is 22.4 Å². The molecule has 0 aliphatic heterocycles. The number of aryl methyl sites for hydroxylation is 1. The van der Waals surface area contributed by atoms with E-state index in [1.807, 2.05) is 12.1 Å². The Morgan fingerprint density at radius 3 is 2.66 bits per heavy atom. The van der Waals surface area contributed by atoms with Crippen LogP contribution in [0.2, 0.25) is 0 Å². The topological polar surface area (TPSA) is 94.3 Å². The van der Waals surface area contributed by atoms with Crippen LogP contribution in [0.3, 0.4) is 0 Å². The summed E-state index contributed by atoms with van der Waals surface area (Å²) in [6, 6.07) is 13.9. The molecule has 29 heavy (non-hydrogen) atoms. The van der Waals surface area contributed by atoms with Gasteiger partial charge in [0.25, 0.3) is 5.91 Å². The lowest BCUT2D eigenvalue weighted by molar-refractivity contribution is -0.118. The molecule has 1 aromatic heterocycles. The Hall–Kier alpha value is -3.48. The number of ketones is 1. The first kappa shape index (κ1) is 20.3. The molecule has 3 aromatic rings. The van der Waals surface area contributed by atoms with E-state index in [9.17, 15) is 9.59 Å². The lowest BCUT2D eigenvalue weighted by Gasteiger charge is -2.08. The van der Waals surface area contributed by atoms with E-state index in [1.54, 1.807) is 36.4 Å². The minimum atomic E-state index is -0.312. The Bertz CT molecular complexity index is 980. The Morgan fingerprint density at radius 2 is 1.93 bits per heavy atom. The van der Waals surface area contributed by atoms with Crippen molar-refractivity contribution < 1.29 is 18.8 Å². The van der Waals surface area contributed by atoms with Crippen LogP contribution in [-0.2, 0) is 11.2 Å². The molecule has 0 fully saturated rings. The molecule has 150 valence electrons. The zero-order valence-corrected chi connectivity index (χ0v) is 16.5. The second-order valence-electron chi connectivity index (χ2n) is 6.61. The standard InChI is InChI=1S/C22H23N3O4/c1-3-4-8-21-24-22(25-29-21)16-9-11-19(12-10-16)28-14-20(27)23-18-7-5-6-17(13-18)15(2)26/h5-7,9-13H,3-4,8,14H2,1-2H3,(H,23,27). The highest BCUT2D eigenvalue weighted by Gasteiger charge is 2.09. The minimum Gasteiger partial charge on any atom is -0.484 e. The van der Waals surface area contributed by atoms with Crippen molar-refractivity contribution in [1.29, 1.82) is 0 Å². The zero-order valence-electron chi connectivity index (χ0n) is 16.5. The normalized spacial score (nSPS) is 10.6. The third kappa shape index (κ3) is 5.75. The Balaban J connectivity index is 1.53. The fraction of sp³-hybridized carbons (Fsp3) is 0.273. The van der Waals surface area contributed by atoms with Gasteiger partial charge >= 0.3 is 0 Å². The highest BCUT2D eigenvalue weighted by Crippen LogP contribution is 2.20. The van der Waals surface area contributed by atoms with Crippen molar-refractivity contribution in [2.24, 2.45) is 0 Å². The number of carbonyl (C=O) groups is 2. The van der Waals surface area contributed by atoms with E-state index in [-0.39, 0.29) is 18.3 Å². The summed E-state index contributed by atoms with van der Waals surface area (Å²) >= 11 is 0. The zero-order chi connectivity index (χ0) is 20.6. The molecule has 0 spiro atoms. The maximum absolute atomic E-state index is 12.1. The fourth-order valence-electron chi connectivity index (χ4n) is 2.66. The average Bonchev–Trinajstić information content (AvgIpc) is 3.20. The van der Waals surface area contributed by atoms with E-state index in [0.717, 1.165) is 24.8 Å². The summed E-state index contributed by atoms with van der Waals surface area (Å²) < 4.78 is 10.8. The van der Waals surface area contributed by atoms with Gasteiger partial charge in [-0.05, 0) is 49.7 Å². The predicted molar refractivity (Wildman–Crippen MR) is 109 cm³/mol. The van der Waals surface area contributed by atoms with Gasteiger partial charge in [-0.1, -0.05) is 30.6 Å². The van der Waals surface area contributed by atoms with E-state index in [0.29, 0.717) is 28.7 Å². The molecule has 1 amide bonds. The number of Topliss-reactive ketones (excluding diaryl/α,β-unsaturated/α-hetero) is 1. The van der Waals surface area contributed by atoms with Crippen molar-refractivity contribution in [3.63, 3.8) is 0 Å². The fourth-order valence-corrected chi connectivity index (χ4v) is 2.66. The lowest BCUT2D eigenvalue weighted by Crippen LogP contribution is -2.20. The third-order valence-corrected chi connectivity index (χ3v) is 4.25. The molecule has 0 radical (unpaired) electrons. The van der Waals surface area contributed by atoms with Crippen LogP contribution in [-0.4, -0.2) is 28.4 Å². The van der Waals surface area contributed by atoms with Crippen molar-refractivity contribution in [3.8, 4) is 17.1 Å². The summed E-state index contributed by atoms with van der Waals surface area (Å²) in [5, 5.41) is 6.71. The van der Waals surface area contributed by atoms with Crippen LogP contribution in [0.25, 0.3) is 11.4 Å². The predicted octanol–water partition coefficient (Wildman–Crippen LogP) is 4.30. The number of carbonyl (C=O) groups excluding carboxylic acids is 2. The first-order valence-corrected chi connectivity index (χ1v) is 9.52. The summed E-state index contributed by atoms with van der Waals surface area (Å²) in [4.78, 5) is 27.9. The molecule has 3 rings (SSSR count). The second kappa shape index (κ2) is 9.64. The molecule has 0 bridgehead atoms. The van der Waals surface area contributed by atoms with Gasteiger partial charge in [0.1, 0.15) is 5.75 Å². The van der Waals surface area contributed by atoms with Crippen LogP contribution in [0.15, 0.2) is 53.1 Å². The van der Waals surface area contributed by atoms with Gasteiger partial charge in [-0.2, -0.15) is 4.98 Å². The Morgan fingerprint density at radius 1 is 1.14 bits per heavy atom. The molecule has 0 atom stereocenters. The van der Waals surface area contributed by atoms with Gasteiger partial charge in [-0.15, -0.1) is 0 Å². The van der Waals surface area contributed by atoms with E-state index < -0.39 is 0 Å². The number of ether oxygens (including phenoxy) is 1. The Labute approximate surface area is 169 Å². The number of hydrogen-bond acceptors (Lipinski definition) is 6. The van der Waals surface area contributed by atoms with E-state index >= 15 is 0 Å². The van der Waals surface area contributed by atoms with Crippen LogP contribution < -0.4 is 10.1 Å². The van der Waals surface area contributed by atoms with Gasteiger partial charge in [0, 0.05) is 23.2 Å². The number of benzene rings is 2. The Kier molecular flexibility index (Phi) is 6.73. The van der Waals surface area contributed by atoms with Crippen LogP contribution >= 0.6 is 0 Å². The second-order valence-corrected chi connectivity index (χ2v) is 6.61. The van der Waals surface area contributed by atoms with Crippen LogP contribution in [0, 0.1) is 0 Å². The first-order valence-electron chi connectivity index (χ1n) is 9.52. The maximum atomic E-state index is 12.1. The summed E-state index contributed by atoms with van der Waals surface area (Å²) in [5.41, 5.74) is 1.91. The quantitative estimate of drug-likeness (QED) is 0.545. The third-order valence-electron chi connectivity index (χ3n) is 4.25. The number of aromatic nitrogens is 2. The number of amides is 1. The van der Waals surface area contributed by atoms with Crippen molar-refractivity contribution >= 4 is 17.4 Å². The number of unbranched alkanes of at least 4 members (excludes halogenated alkanes) is 1. The summed E-state index contributed by atoms with van der Waals surface area (Å²) in [7, 11) is 0. The van der Waals surface area contributed by atoms with Crippen LogP contribution in [0.5, 0.6) is 5.75 Å². The molecule has 1 N–H and O–H groups in total. The summed E-state index contributed by atoms with van der Waals surface area (Å²) in [5.74, 6) is 1.35. The molecule has 1 heterocycles. The number of nitrogens with one attached hydrogen (secondary N) is 1. The summed E-state index contributed by atoms with van der Waals surface area (Å²) in [6.45, 7) is 3.45. The van der Waals surface area contributed by atoms with Crippen LogP contribution in [0.1, 0.15) is 42.9 Å². The smallest absolute Gasteiger partial charge is 0.262 e. The molecule has 0 saturated carbocycles. The van der Waals surface area contributed by atoms with Gasteiger partial charge in [0.15, 0.2) is 12.4 Å². The molecule has 7 heteroatoms. The molecular formula is C22H23N3O4. The van der Waals surface area contributed by atoms with E-state index in [1.165, 1.54) is 6.92 Å². The van der Waals surface area contributed by atoms with Gasteiger partial charge in [-0.3, -0.25) is 9.59 Å². The molecule has 0 aliphatic carbocycles. The summed E-state index contributed by atoms with van der Waals surface area (Å²) in [6.07, 6.45) is 2.85. The molecule has 0 saturated heterocycles.